The Morgan fingerprint density at radius 1 is 0.968 bits per heavy atom. The average molecular weight is 434 g/mol. The third-order valence-electron chi connectivity index (χ3n) is 4.52. The van der Waals surface area contributed by atoms with Crippen LogP contribution in [0.2, 0.25) is 5.02 Å². The molecule has 0 radical (unpaired) electrons. The van der Waals surface area contributed by atoms with Crippen LogP contribution < -0.4 is 9.47 Å². The van der Waals surface area contributed by atoms with E-state index in [4.69, 9.17) is 25.8 Å². The van der Waals surface area contributed by atoms with Crippen LogP contribution in [0.5, 0.6) is 11.5 Å². The largest absolute Gasteiger partial charge is 0.490 e. The van der Waals surface area contributed by atoms with Gasteiger partial charge >= 0.3 is 5.97 Å². The van der Waals surface area contributed by atoms with Crippen molar-refractivity contribution >= 4 is 29.5 Å². The quantitative estimate of drug-likeness (QED) is 0.356. The molecule has 0 saturated heterocycles. The number of benzene rings is 3. The van der Waals surface area contributed by atoms with Gasteiger partial charge in [0.25, 0.3) is 0 Å². The highest BCUT2D eigenvalue weighted by Crippen LogP contribution is 2.31. The molecule has 0 bridgehead atoms. The second kappa shape index (κ2) is 9.49. The van der Waals surface area contributed by atoms with Crippen molar-refractivity contribution < 1.29 is 19.0 Å². The SMILES string of the molecule is CCOc1cc(/C=C2\N=C(c3ccccc3)OC2=O)ccc1OCc1ccc(Cl)cc1. The zero-order valence-electron chi connectivity index (χ0n) is 16.9. The Morgan fingerprint density at radius 2 is 1.74 bits per heavy atom. The minimum atomic E-state index is -0.486. The maximum atomic E-state index is 12.3. The molecule has 3 aromatic rings. The Bertz CT molecular complexity index is 1140. The van der Waals surface area contributed by atoms with Crippen LogP contribution in [0, 0.1) is 0 Å². The number of hydrogen-bond acceptors (Lipinski definition) is 5. The van der Waals surface area contributed by atoms with Gasteiger partial charge in [-0.2, -0.15) is 0 Å². The number of halogens is 1. The van der Waals surface area contributed by atoms with Gasteiger partial charge in [0, 0.05) is 10.6 Å². The molecule has 6 heteroatoms. The van der Waals surface area contributed by atoms with E-state index in [1.165, 1.54) is 0 Å². The number of carbonyl (C=O) groups excluding carboxylic acids is 1. The summed E-state index contributed by atoms with van der Waals surface area (Å²) in [4.78, 5) is 16.6. The van der Waals surface area contributed by atoms with E-state index in [1.54, 1.807) is 6.08 Å². The molecule has 156 valence electrons. The molecule has 0 fully saturated rings. The lowest BCUT2D eigenvalue weighted by Gasteiger charge is -2.13. The smallest absolute Gasteiger partial charge is 0.363 e. The van der Waals surface area contributed by atoms with E-state index in [0.29, 0.717) is 35.6 Å². The van der Waals surface area contributed by atoms with Crippen LogP contribution in [-0.4, -0.2) is 18.5 Å². The summed E-state index contributed by atoms with van der Waals surface area (Å²) in [5, 5.41) is 0.680. The Labute approximate surface area is 185 Å². The molecule has 1 aliphatic rings. The first kappa shape index (κ1) is 20.7. The fourth-order valence-corrected chi connectivity index (χ4v) is 3.14. The number of cyclic esters (lactones) is 1. The molecule has 0 spiro atoms. The first-order chi connectivity index (χ1) is 15.1. The van der Waals surface area contributed by atoms with E-state index in [9.17, 15) is 4.79 Å². The number of nitrogens with zero attached hydrogens (tertiary/aromatic N) is 1. The van der Waals surface area contributed by atoms with Crippen LogP contribution in [0.25, 0.3) is 6.08 Å². The van der Waals surface area contributed by atoms with Crippen LogP contribution >= 0.6 is 11.6 Å². The second-order valence-electron chi connectivity index (χ2n) is 6.76. The monoisotopic (exact) mass is 433 g/mol. The Balaban J connectivity index is 1.55. The summed E-state index contributed by atoms with van der Waals surface area (Å²) >= 11 is 5.93. The van der Waals surface area contributed by atoms with Crippen molar-refractivity contribution in [1.29, 1.82) is 0 Å². The molecule has 0 aliphatic carbocycles. The maximum Gasteiger partial charge on any atom is 0.363 e. The van der Waals surface area contributed by atoms with Gasteiger partial charge in [-0.3, -0.25) is 0 Å². The third kappa shape index (κ3) is 5.13. The molecule has 0 aromatic heterocycles. The summed E-state index contributed by atoms with van der Waals surface area (Å²) < 4.78 is 17.0. The van der Waals surface area contributed by atoms with Gasteiger partial charge in [0.2, 0.25) is 5.90 Å². The van der Waals surface area contributed by atoms with Crippen LogP contribution in [-0.2, 0) is 16.1 Å². The first-order valence-electron chi connectivity index (χ1n) is 9.84. The first-order valence-corrected chi connectivity index (χ1v) is 10.2. The lowest BCUT2D eigenvalue weighted by Crippen LogP contribution is -2.05. The summed E-state index contributed by atoms with van der Waals surface area (Å²) in [6, 6.07) is 22.3. The minimum absolute atomic E-state index is 0.233. The van der Waals surface area contributed by atoms with Crippen molar-refractivity contribution in [3.8, 4) is 11.5 Å². The summed E-state index contributed by atoms with van der Waals surface area (Å²) in [5.74, 6) is 1.01. The second-order valence-corrected chi connectivity index (χ2v) is 7.19. The van der Waals surface area contributed by atoms with Crippen LogP contribution in [0.15, 0.2) is 83.5 Å². The molecule has 0 unspecified atom stereocenters. The van der Waals surface area contributed by atoms with Gasteiger partial charge in [-0.15, -0.1) is 0 Å². The van der Waals surface area contributed by atoms with Crippen molar-refractivity contribution in [2.24, 2.45) is 4.99 Å². The topological polar surface area (TPSA) is 57.1 Å². The van der Waals surface area contributed by atoms with Gasteiger partial charge in [0.1, 0.15) is 6.61 Å². The van der Waals surface area contributed by atoms with E-state index in [-0.39, 0.29) is 5.70 Å². The van der Waals surface area contributed by atoms with Crippen LogP contribution in [0.3, 0.4) is 0 Å². The third-order valence-corrected chi connectivity index (χ3v) is 4.77. The number of esters is 1. The highest BCUT2D eigenvalue weighted by atomic mass is 35.5. The number of rotatable bonds is 7. The van der Waals surface area contributed by atoms with Crippen molar-refractivity contribution in [3.63, 3.8) is 0 Å². The summed E-state index contributed by atoms with van der Waals surface area (Å²) in [6.07, 6.45) is 1.67. The Morgan fingerprint density at radius 3 is 2.48 bits per heavy atom. The molecule has 0 atom stereocenters. The maximum absolute atomic E-state index is 12.3. The molecule has 1 heterocycles. The fourth-order valence-electron chi connectivity index (χ4n) is 3.01. The fraction of sp³-hybridized carbons (Fsp3) is 0.120. The van der Waals surface area contributed by atoms with Crippen molar-refractivity contribution in [2.45, 2.75) is 13.5 Å². The van der Waals surface area contributed by atoms with Crippen molar-refractivity contribution in [2.75, 3.05) is 6.61 Å². The van der Waals surface area contributed by atoms with Crippen molar-refractivity contribution in [3.05, 3.63) is 100 Å². The van der Waals surface area contributed by atoms with Crippen LogP contribution in [0.1, 0.15) is 23.6 Å². The molecule has 0 N–H and O–H groups in total. The van der Waals surface area contributed by atoms with Crippen LogP contribution in [0.4, 0.5) is 0 Å². The molecule has 3 aromatic carbocycles. The summed E-state index contributed by atoms with van der Waals surface area (Å²) in [7, 11) is 0. The van der Waals surface area contributed by atoms with Gasteiger partial charge in [-0.25, -0.2) is 9.79 Å². The zero-order valence-corrected chi connectivity index (χ0v) is 17.6. The molecule has 5 nitrogen and oxygen atoms in total. The van der Waals surface area contributed by atoms with E-state index >= 15 is 0 Å². The number of hydrogen-bond donors (Lipinski definition) is 0. The molecular weight excluding hydrogens is 414 g/mol. The van der Waals surface area contributed by atoms with Gasteiger partial charge in [0.15, 0.2) is 17.2 Å². The Hall–Kier alpha value is -3.57. The zero-order chi connectivity index (χ0) is 21.6. The number of ether oxygens (including phenoxy) is 3. The predicted octanol–water partition coefficient (Wildman–Crippen LogP) is 5.66. The lowest BCUT2D eigenvalue weighted by atomic mass is 10.1. The number of aliphatic imine (C=N–C) groups is 1. The lowest BCUT2D eigenvalue weighted by molar-refractivity contribution is -0.129. The van der Waals surface area contributed by atoms with E-state index in [1.807, 2.05) is 79.7 Å². The van der Waals surface area contributed by atoms with Gasteiger partial charge in [-0.1, -0.05) is 48.0 Å². The van der Waals surface area contributed by atoms with Gasteiger partial charge < -0.3 is 14.2 Å². The molecule has 1 aliphatic heterocycles. The molecule has 0 amide bonds. The molecular formula is C25H20ClNO4. The normalized spacial score (nSPS) is 14.3. The molecule has 31 heavy (non-hydrogen) atoms. The number of carbonyl (C=O) groups is 1. The summed E-state index contributed by atoms with van der Waals surface area (Å²) in [5.41, 5.74) is 2.73. The van der Waals surface area contributed by atoms with E-state index in [0.717, 1.165) is 16.7 Å². The van der Waals surface area contributed by atoms with Gasteiger partial charge in [-0.05, 0) is 60.5 Å². The van der Waals surface area contributed by atoms with E-state index in [2.05, 4.69) is 4.99 Å². The van der Waals surface area contributed by atoms with Crippen molar-refractivity contribution in [1.82, 2.24) is 0 Å². The minimum Gasteiger partial charge on any atom is -0.490 e. The highest BCUT2D eigenvalue weighted by Gasteiger charge is 2.24. The molecule has 4 rings (SSSR count). The average Bonchev–Trinajstić information content (AvgIpc) is 3.15. The predicted molar refractivity (Wildman–Crippen MR) is 120 cm³/mol. The Kier molecular flexibility index (Phi) is 6.34. The van der Waals surface area contributed by atoms with Gasteiger partial charge in [0.05, 0.1) is 6.61 Å². The molecule has 0 saturated carbocycles. The van der Waals surface area contributed by atoms with E-state index < -0.39 is 5.97 Å². The summed E-state index contributed by atoms with van der Waals surface area (Å²) in [6.45, 7) is 2.77. The standard InChI is InChI=1S/C25H20ClNO4/c1-2-29-23-15-18(10-13-22(23)30-16-17-8-11-20(26)12-9-17)14-21-25(28)31-24(27-21)19-6-4-3-5-7-19/h3-15H,2,16H2,1H3/b21-14-. The highest BCUT2D eigenvalue weighted by molar-refractivity contribution is 6.30.